The Morgan fingerprint density at radius 2 is 2.22 bits per heavy atom. The first-order chi connectivity index (χ1) is 8.65. The summed E-state index contributed by atoms with van der Waals surface area (Å²) in [5.41, 5.74) is 1.93. The van der Waals surface area contributed by atoms with Gasteiger partial charge in [0.1, 0.15) is 11.5 Å². The molecule has 18 heavy (non-hydrogen) atoms. The minimum atomic E-state index is -0.269. The van der Waals surface area contributed by atoms with Gasteiger partial charge in [-0.15, -0.1) is 0 Å². The Hall–Kier alpha value is -1.42. The van der Waals surface area contributed by atoms with Gasteiger partial charge in [0, 0.05) is 30.2 Å². The van der Waals surface area contributed by atoms with E-state index in [0.29, 0.717) is 12.1 Å². The normalized spacial score (nSPS) is 24.4. The van der Waals surface area contributed by atoms with E-state index in [1.54, 1.807) is 6.07 Å². The maximum atomic E-state index is 13.2. The second kappa shape index (κ2) is 4.35. The molecule has 3 rings (SSSR count). The van der Waals surface area contributed by atoms with Gasteiger partial charge in [0.05, 0.1) is 6.20 Å². The zero-order chi connectivity index (χ0) is 12.7. The summed E-state index contributed by atoms with van der Waals surface area (Å²) in [4.78, 5) is 9.64. The lowest BCUT2D eigenvalue weighted by molar-refractivity contribution is 0.0396. The number of nitrogens with zero attached hydrogens (tertiary/aromatic N) is 2. The predicted octanol–water partition coefficient (Wildman–Crippen LogP) is 2.73. The first kappa shape index (κ1) is 11.7. The van der Waals surface area contributed by atoms with E-state index < -0.39 is 0 Å². The van der Waals surface area contributed by atoms with E-state index in [-0.39, 0.29) is 5.82 Å². The number of aromatic amines is 1. The van der Waals surface area contributed by atoms with Crippen molar-refractivity contribution in [2.24, 2.45) is 0 Å². The van der Waals surface area contributed by atoms with Gasteiger partial charge in [-0.3, -0.25) is 4.90 Å². The van der Waals surface area contributed by atoms with E-state index >= 15 is 0 Å². The molecule has 1 saturated heterocycles. The fourth-order valence-electron chi connectivity index (χ4n) is 2.99. The van der Waals surface area contributed by atoms with Gasteiger partial charge in [-0.2, -0.15) is 0 Å². The third kappa shape index (κ3) is 1.90. The Kier molecular flexibility index (Phi) is 2.82. The largest absolute Gasteiger partial charge is 0.346 e. The molecule has 3 nitrogen and oxygen atoms in total. The SMILES string of the molecule is CC1CC(C)N1CCc1c[nH]c2ncc(F)cc12. The first-order valence-corrected chi connectivity index (χ1v) is 6.52. The van der Waals surface area contributed by atoms with E-state index in [0.717, 1.165) is 29.6 Å². The van der Waals surface area contributed by atoms with Gasteiger partial charge in [-0.1, -0.05) is 0 Å². The molecule has 4 heteroatoms. The van der Waals surface area contributed by atoms with Gasteiger partial charge in [0.15, 0.2) is 0 Å². The van der Waals surface area contributed by atoms with Crippen LogP contribution < -0.4 is 0 Å². The molecule has 2 unspecified atom stereocenters. The lowest BCUT2D eigenvalue weighted by atomic mass is 9.95. The number of halogens is 1. The van der Waals surface area contributed by atoms with Gasteiger partial charge < -0.3 is 4.98 Å². The van der Waals surface area contributed by atoms with Crippen LogP contribution in [0.2, 0.25) is 0 Å². The molecule has 0 radical (unpaired) electrons. The van der Waals surface area contributed by atoms with Crippen molar-refractivity contribution in [2.45, 2.75) is 38.8 Å². The number of nitrogens with one attached hydrogen (secondary N) is 1. The molecule has 1 aliphatic heterocycles. The average Bonchev–Trinajstić information content (AvgIpc) is 2.72. The number of rotatable bonds is 3. The summed E-state index contributed by atoms with van der Waals surface area (Å²) in [5, 5.41) is 0.913. The number of hydrogen-bond acceptors (Lipinski definition) is 2. The van der Waals surface area contributed by atoms with E-state index in [1.165, 1.54) is 12.6 Å². The van der Waals surface area contributed by atoms with Crippen LogP contribution in [0.5, 0.6) is 0 Å². The molecule has 0 spiro atoms. The van der Waals surface area contributed by atoms with Crippen molar-refractivity contribution < 1.29 is 4.39 Å². The van der Waals surface area contributed by atoms with Crippen molar-refractivity contribution in [1.29, 1.82) is 0 Å². The van der Waals surface area contributed by atoms with Crippen molar-refractivity contribution in [3.63, 3.8) is 0 Å². The van der Waals surface area contributed by atoms with E-state index in [1.807, 2.05) is 6.20 Å². The van der Waals surface area contributed by atoms with Crippen molar-refractivity contribution in [3.8, 4) is 0 Å². The molecule has 0 amide bonds. The fourth-order valence-corrected chi connectivity index (χ4v) is 2.99. The molecule has 0 bridgehead atoms. The zero-order valence-electron chi connectivity index (χ0n) is 10.8. The number of likely N-dealkylation sites (tertiary alicyclic amines) is 1. The summed E-state index contributed by atoms with van der Waals surface area (Å²) < 4.78 is 13.2. The molecule has 2 atom stereocenters. The maximum Gasteiger partial charge on any atom is 0.142 e. The Labute approximate surface area is 106 Å². The number of fused-ring (bicyclic) bond motifs is 1. The third-order valence-corrected chi connectivity index (χ3v) is 4.04. The molecule has 0 saturated carbocycles. The first-order valence-electron chi connectivity index (χ1n) is 6.52. The molecule has 0 aromatic carbocycles. The maximum absolute atomic E-state index is 13.2. The number of pyridine rings is 1. The highest BCUT2D eigenvalue weighted by Gasteiger charge is 2.30. The van der Waals surface area contributed by atoms with Crippen LogP contribution in [0.4, 0.5) is 4.39 Å². The van der Waals surface area contributed by atoms with Crippen LogP contribution in [-0.2, 0) is 6.42 Å². The molecule has 1 N–H and O–H groups in total. The minimum absolute atomic E-state index is 0.269. The number of H-pyrrole nitrogens is 1. The number of hydrogen-bond donors (Lipinski definition) is 1. The van der Waals surface area contributed by atoms with Gasteiger partial charge >= 0.3 is 0 Å². The summed E-state index contributed by atoms with van der Waals surface area (Å²) >= 11 is 0. The minimum Gasteiger partial charge on any atom is -0.346 e. The molecule has 96 valence electrons. The van der Waals surface area contributed by atoms with Gasteiger partial charge in [-0.05, 0) is 38.3 Å². The van der Waals surface area contributed by atoms with Crippen molar-refractivity contribution in [2.75, 3.05) is 6.54 Å². The predicted molar refractivity (Wildman–Crippen MR) is 70.0 cm³/mol. The van der Waals surface area contributed by atoms with Crippen molar-refractivity contribution in [3.05, 3.63) is 29.8 Å². The molecule has 2 aromatic heterocycles. The summed E-state index contributed by atoms with van der Waals surface area (Å²) in [7, 11) is 0. The Bertz CT molecular complexity index is 555. The van der Waals surface area contributed by atoms with Crippen LogP contribution in [0.25, 0.3) is 11.0 Å². The summed E-state index contributed by atoms with van der Waals surface area (Å²) in [5.74, 6) is -0.269. The second-order valence-corrected chi connectivity index (χ2v) is 5.29. The van der Waals surface area contributed by atoms with Crippen LogP contribution in [-0.4, -0.2) is 33.5 Å². The average molecular weight is 247 g/mol. The van der Waals surface area contributed by atoms with Crippen LogP contribution >= 0.6 is 0 Å². The smallest absolute Gasteiger partial charge is 0.142 e. The lowest BCUT2D eigenvalue weighted by Crippen LogP contribution is -2.53. The molecule has 2 aromatic rings. The highest BCUT2D eigenvalue weighted by molar-refractivity contribution is 5.79. The quantitative estimate of drug-likeness (QED) is 0.904. The molecular weight excluding hydrogens is 229 g/mol. The zero-order valence-corrected chi connectivity index (χ0v) is 10.8. The molecule has 3 heterocycles. The summed E-state index contributed by atoms with van der Waals surface area (Å²) in [6, 6.07) is 2.93. The Balaban J connectivity index is 1.76. The monoisotopic (exact) mass is 247 g/mol. The van der Waals surface area contributed by atoms with Crippen LogP contribution in [0.15, 0.2) is 18.5 Å². The molecule has 1 fully saturated rings. The molecular formula is C14H18FN3. The highest BCUT2D eigenvalue weighted by Crippen LogP contribution is 2.26. The lowest BCUT2D eigenvalue weighted by Gasteiger charge is -2.45. The fraction of sp³-hybridized carbons (Fsp3) is 0.500. The van der Waals surface area contributed by atoms with E-state index in [9.17, 15) is 4.39 Å². The van der Waals surface area contributed by atoms with Gasteiger partial charge in [-0.25, -0.2) is 9.37 Å². The topological polar surface area (TPSA) is 31.9 Å². The Morgan fingerprint density at radius 1 is 1.44 bits per heavy atom. The van der Waals surface area contributed by atoms with E-state index in [4.69, 9.17) is 0 Å². The molecule has 0 aliphatic carbocycles. The highest BCUT2D eigenvalue weighted by atomic mass is 19.1. The Morgan fingerprint density at radius 3 is 2.94 bits per heavy atom. The standard InChI is InChI=1S/C14H18FN3/c1-9-5-10(2)18(9)4-3-11-7-16-14-13(11)6-12(15)8-17-14/h6-10H,3-5H2,1-2H3,(H,16,17). The van der Waals surface area contributed by atoms with Crippen molar-refractivity contribution in [1.82, 2.24) is 14.9 Å². The summed E-state index contributed by atoms with van der Waals surface area (Å²) in [6.07, 6.45) is 5.43. The van der Waals surface area contributed by atoms with Crippen molar-refractivity contribution >= 4 is 11.0 Å². The van der Waals surface area contributed by atoms with Crippen LogP contribution in [0, 0.1) is 5.82 Å². The van der Waals surface area contributed by atoms with Crippen LogP contribution in [0.3, 0.4) is 0 Å². The van der Waals surface area contributed by atoms with Crippen LogP contribution in [0.1, 0.15) is 25.8 Å². The van der Waals surface area contributed by atoms with E-state index in [2.05, 4.69) is 28.7 Å². The summed E-state index contributed by atoms with van der Waals surface area (Å²) in [6.45, 7) is 5.55. The third-order valence-electron chi connectivity index (χ3n) is 4.04. The second-order valence-electron chi connectivity index (χ2n) is 5.29. The molecule has 1 aliphatic rings. The van der Waals surface area contributed by atoms with Gasteiger partial charge in [0.25, 0.3) is 0 Å². The van der Waals surface area contributed by atoms with Gasteiger partial charge in [0.2, 0.25) is 0 Å². The number of aromatic nitrogens is 2.